The van der Waals surface area contributed by atoms with E-state index < -0.39 is 5.91 Å². The lowest BCUT2D eigenvalue weighted by Gasteiger charge is -2.25. The lowest BCUT2D eigenvalue weighted by Crippen LogP contribution is -2.40. The quantitative estimate of drug-likeness (QED) is 0.351. The van der Waals surface area contributed by atoms with Gasteiger partial charge in [-0.05, 0) is 44.7 Å². The van der Waals surface area contributed by atoms with Crippen molar-refractivity contribution in [1.29, 1.82) is 0 Å². The van der Waals surface area contributed by atoms with Crippen LogP contribution >= 0.6 is 0 Å². The van der Waals surface area contributed by atoms with Crippen molar-refractivity contribution < 1.29 is 24.2 Å². The lowest BCUT2D eigenvalue weighted by molar-refractivity contribution is -0.907. The molecule has 8 heteroatoms. The Balaban J connectivity index is 1.63. The molecule has 4 rings (SSSR count). The van der Waals surface area contributed by atoms with Crippen molar-refractivity contribution in [2.75, 3.05) is 19.0 Å². The van der Waals surface area contributed by atoms with E-state index in [1.54, 1.807) is 12.1 Å². The van der Waals surface area contributed by atoms with E-state index in [0.717, 1.165) is 36.6 Å². The van der Waals surface area contributed by atoms with Crippen LogP contribution in [0.4, 0.5) is 5.69 Å². The van der Waals surface area contributed by atoms with Crippen LogP contribution in [0.5, 0.6) is 11.6 Å². The van der Waals surface area contributed by atoms with E-state index in [9.17, 15) is 10.0 Å². The van der Waals surface area contributed by atoms with Gasteiger partial charge >= 0.3 is 17.5 Å². The van der Waals surface area contributed by atoms with Crippen LogP contribution in [0.3, 0.4) is 0 Å². The smallest absolute Gasteiger partial charge is 0.417 e. The molecule has 166 valence electrons. The fraction of sp³-hybridized carbons (Fsp3) is 0.375. The van der Waals surface area contributed by atoms with Crippen LogP contribution in [0.2, 0.25) is 0 Å². The van der Waals surface area contributed by atoms with Gasteiger partial charge in [0.05, 0.1) is 41.8 Å². The zero-order chi connectivity index (χ0) is 22.7. The molecule has 2 aromatic heterocycles. The Hall–Kier alpha value is -3.73. The average molecular weight is 436 g/mol. The minimum Gasteiger partial charge on any atom is -0.492 e. The van der Waals surface area contributed by atoms with E-state index >= 15 is 0 Å². The van der Waals surface area contributed by atoms with Crippen LogP contribution in [0.15, 0.2) is 36.5 Å². The second-order valence-electron chi connectivity index (χ2n) is 7.84. The SMILES string of the molecule is C#CC1CCC(n2cc3cc(NC(=O)c4cccc(OC)[n+]4O)c(OCC)cc3n2)CC1. The van der Waals surface area contributed by atoms with Gasteiger partial charge in [0.1, 0.15) is 5.75 Å². The van der Waals surface area contributed by atoms with E-state index in [0.29, 0.717) is 34.7 Å². The van der Waals surface area contributed by atoms with E-state index in [4.69, 9.17) is 21.0 Å². The standard InChI is InChI=1S/C24H26N4O4/c1-4-16-9-11-18(12-10-16)27-15-17-13-20(22(32-5-2)14-19(17)26-27)25-24(29)21-7-6-8-23(31-3)28(21)30/h1,6-8,13-16,18H,5,9-12H2,2-3H3,(H-,25,29,30)/p+1. The lowest BCUT2D eigenvalue weighted by atomic mass is 9.87. The summed E-state index contributed by atoms with van der Waals surface area (Å²) >= 11 is 0. The maximum absolute atomic E-state index is 12.9. The molecule has 32 heavy (non-hydrogen) atoms. The number of ether oxygens (including phenoxy) is 2. The number of hydrogen-bond acceptors (Lipinski definition) is 5. The van der Waals surface area contributed by atoms with E-state index in [2.05, 4.69) is 11.2 Å². The molecule has 0 atom stereocenters. The number of carbonyl (C=O) groups is 1. The number of rotatable bonds is 6. The largest absolute Gasteiger partial charge is 0.492 e. The minimum absolute atomic E-state index is 0.0351. The topological polar surface area (TPSA) is 89.5 Å². The third kappa shape index (κ3) is 4.19. The number of benzene rings is 1. The van der Waals surface area contributed by atoms with Crippen LogP contribution < -0.4 is 19.5 Å². The molecule has 1 saturated carbocycles. The molecule has 0 radical (unpaired) electrons. The van der Waals surface area contributed by atoms with Gasteiger partial charge in [0.2, 0.25) is 0 Å². The van der Waals surface area contributed by atoms with Gasteiger partial charge < -0.3 is 14.8 Å². The third-order valence-electron chi connectivity index (χ3n) is 5.85. The Kier molecular flexibility index (Phi) is 6.17. The first kappa shape index (κ1) is 21.5. The molecular weight excluding hydrogens is 408 g/mol. The highest BCUT2D eigenvalue weighted by Gasteiger charge is 2.26. The van der Waals surface area contributed by atoms with Crippen molar-refractivity contribution >= 4 is 22.5 Å². The van der Waals surface area contributed by atoms with Gasteiger partial charge in [-0.3, -0.25) is 14.7 Å². The van der Waals surface area contributed by atoms with Crippen molar-refractivity contribution in [2.24, 2.45) is 5.92 Å². The molecule has 8 nitrogen and oxygen atoms in total. The number of hydrogen-bond donors (Lipinski definition) is 2. The Labute approximate surface area is 186 Å². The van der Waals surface area contributed by atoms with Crippen molar-refractivity contribution in [1.82, 2.24) is 9.78 Å². The minimum atomic E-state index is -0.494. The second kappa shape index (κ2) is 9.18. The Morgan fingerprint density at radius 2 is 2.12 bits per heavy atom. The number of methoxy groups -OCH3 is 1. The number of aromatic nitrogens is 3. The van der Waals surface area contributed by atoms with Gasteiger partial charge in [0.25, 0.3) is 0 Å². The molecule has 2 heterocycles. The highest BCUT2D eigenvalue weighted by Crippen LogP contribution is 2.35. The van der Waals surface area contributed by atoms with Crippen molar-refractivity contribution in [3.05, 3.63) is 42.2 Å². The number of nitrogens with zero attached hydrogens (tertiary/aromatic N) is 3. The normalized spacial score (nSPS) is 18.2. The Bertz CT molecular complexity index is 1170. The van der Waals surface area contributed by atoms with Gasteiger partial charge in [-0.25, -0.2) is 0 Å². The molecule has 0 aliphatic heterocycles. The molecule has 3 aromatic rings. The Morgan fingerprint density at radius 1 is 1.34 bits per heavy atom. The number of nitrogens with one attached hydrogen (secondary N) is 1. The van der Waals surface area contributed by atoms with E-state index in [-0.39, 0.29) is 11.6 Å². The first-order chi connectivity index (χ1) is 15.5. The fourth-order valence-corrected chi connectivity index (χ4v) is 4.13. The molecule has 0 unspecified atom stereocenters. The fourth-order valence-electron chi connectivity index (χ4n) is 4.13. The van der Waals surface area contributed by atoms with Gasteiger partial charge in [0, 0.05) is 29.6 Å². The summed E-state index contributed by atoms with van der Waals surface area (Å²) in [5, 5.41) is 18.7. The second-order valence-corrected chi connectivity index (χ2v) is 7.84. The first-order valence-electron chi connectivity index (χ1n) is 10.8. The Morgan fingerprint density at radius 3 is 2.81 bits per heavy atom. The van der Waals surface area contributed by atoms with Crippen LogP contribution in [0.25, 0.3) is 10.9 Å². The number of amides is 1. The van der Waals surface area contributed by atoms with Gasteiger partial charge in [-0.1, -0.05) is 0 Å². The zero-order valence-corrected chi connectivity index (χ0v) is 18.2. The van der Waals surface area contributed by atoms with Gasteiger partial charge in [0.15, 0.2) is 0 Å². The predicted molar refractivity (Wildman–Crippen MR) is 119 cm³/mol. The molecule has 1 aliphatic carbocycles. The predicted octanol–water partition coefficient (Wildman–Crippen LogP) is 3.59. The summed E-state index contributed by atoms with van der Waals surface area (Å²) < 4.78 is 13.5. The van der Waals surface area contributed by atoms with Gasteiger partial charge in [-0.2, -0.15) is 5.10 Å². The molecule has 1 fully saturated rings. The summed E-state index contributed by atoms with van der Waals surface area (Å²) in [5.41, 5.74) is 1.33. The van der Waals surface area contributed by atoms with Crippen molar-refractivity contribution in [2.45, 2.75) is 38.6 Å². The summed E-state index contributed by atoms with van der Waals surface area (Å²) in [6, 6.07) is 8.67. The summed E-state index contributed by atoms with van der Waals surface area (Å²) in [4.78, 5) is 12.9. The molecule has 1 aliphatic rings. The van der Waals surface area contributed by atoms with Crippen molar-refractivity contribution in [3.63, 3.8) is 0 Å². The van der Waals surface area contributed by atoms with Crippen LogP contribution in [-0.2, 0) is 0 Å². The van der Waals surface area contributed by atoms with Crippen LogP contribution in [-0.4, -0.2) is 34.6 Å². The molecule has 1 amide bonds. The molecule has 0 saturated heterocycles. The maximum Gasteiger partial charge on any atom is 0.417 e. The summed E-state index contributed by atoms with van der Waals surface area (Å²) in [6.45, 7) is 2.31. The highest BCUT2D eigenvalue weighted by atomic mass is 16.5. The average Bonchev–Trinajstić information content (AvgIpc) is 3.22. The molecule has 0 bridgehead atoms. The molecule has 2 N–H and O–H groups in total. The molecule has 0 spiro atoms. The van der Waals surface area contributed by atoms with Gasteiger partial charge in [-0.15, -0.1) is 12.3 Å². The summed E-state index contributed by atoms with van der Waals surface area (Å²) in [7, 11) is 1.42. The van der Waals surface area contributed by atoms with Crippen LogP contribution in [0, 0.1) is 18.3 Å². The summed E-state index contributed by atoms with van der Waals surface area (Å²) in [5.74, 6) is 3.39. The number of carbonyl (C=O) groups excluding carboxylic acids is 1. The number of anilines is 1. The molecule has 1 aromatic carbocycles. The van der Waals surface area contributed by atoms with E-state index in [1.165, 1.54) is 13.2 Å². The molecular formula is C24H27N4O4+. The number of terminal acetylenes is 1. The highest BCUT2D eigenvalue weighted by molar-refractivity contribution is 6.04. The first-order valence-corrected chi connectivity index (χ1v) is 10.8. The number of fused-ring (bicyclic) bond motifs is 1. The maximum atomic E-state index is 12.9. The van der Waals surface area contributed by atoms with Crippen molar-refractivity contribution in [3.8, 4) is 24.0 Å². The summed E-state index contributed by atoms with van der Waals surface area (Å²) in [6.07, 6.45) is 11.6. The van der Waals surface area contributed by atoms with E-state index in [1.807, 2.05) is 29.9 Å². The number of pyridine rings is 1. The zero-order valence-electron chi connectivity index (χ0n) is 18.2. The monoisotopic (exact) mass is 435 g/mol. The third-order valence-corrected chi connectivity index (χ3v) is 5.85. The van der Waals surface area contributed by atoms with Crippen LogP contribution in [0.1, 0.15) is 49.1 Å².